The van der Waals surface area contributed by atoms with Gasteiger partial charge in [0, 0.05) is 11.9 Å². The van der Waals surface area contributed by atoms with E-state index in [9.17, 15) is 14.7 Å². The fraction of sp³-hybridized carbons (Fsp3) is 0.111. The summed E-state index contributed by atoms with van der Waals surface area (Å²) in [7, 11) is 1.35. The molecule has 1 aromatic rings. The molecule has 1 aromatic heterocycles. The lowest BCUT2D eigenvalue weighted by atomic mass is 10.2. The lowest BCUT2D eigenvalue weighted by molar-refractivity contribution is -0.136. The van der Waals surface area contributed by atoms with E-state index in [4.69, 9.17) is 0 Å². The Balaban J connectivity index is 2.55. The average Bonchev–Trinajstić information content (AvgIpc) is 2.73. The third-order valence-corrected chi connectivity index (χ3v) is 2.92. The molecule has 14 heavy (non-hydrogen) atoms. The number of carbonyl (C=O) groups is 2. The van der Waals surface area contributed by atoms with E-state index >= 15 is 0 Å². The molecule has 1 aliphatic rings. The standard InChI is InChI=1S/C9H7NO3S/c1-10-8(12)6(7(11)9(10)13)5-3-2-4-14-5/h2-4,11H,1H3. The maximum Gasteiger partial charge on any atom is 0.296 e. The highest BCUT2D eigenvalue weighted by Gasteiger charge is 2.36. The molecule has 0 bridgehead atoms. The number of aliphatic hydroxyl groups excluding tert-OH is 1. The molecule has 0 aliphatic carbocycles. The Kier molecular flexibility index (Phi) is 1.89. The molecular weight excluding hydrogens is 202 g/mol. The predicted octanol–water partition coefficient (Wildman–Crippen LogP) is 1.02. The van der Waals surface area contributed by atoms with E-state index in [2.05, 4.69) is 0 Å². The monoisotopic (exact) mass is 209 g/mol. The van der Waals surface area contributed by atoms with E-state index in [1.807, 2.05) is 0 Å². The number of likely N-dealkylation sites (N-methyl/N-ethyl adjacent to an activating group) is 1. The predicted molar refractivity (Wildman–Crippen MR) is 51.6 cm³/mol. The van der Waals surface area contributed by atoms with Crippen LogP contribution >= 0.6 is 11.3 Å². The van der Waals surface area contributed by atoms with Crippen molar-refractivity contribution in [3.05, 3.63) is 28.1 Å². The van der Waals surface area contributed by atoms with E-state index < -0.39 is 17.6 Å². The number of carbonyl (C=O) groups excluding carboxylic acids is 2. The van der Waals surface area contributed by atoms with Crippen molar-refractivity contribution in [3.63, 3.8) is 0 Å². The summed E-state index contributed by atoms with van der Waals surface area (Å²) < 4.78 is 0. The van der Waals surface area contributed by atoms with E-state index in [0.717, 1.165) is 4.90 Å². The Morgan fingerprint density at radius 3 is 2.50 bits per heavy atom. The first-order valence-corrected chi connectivity index (χ1v) is 4.80. The van der Waals surface area contributed by atoms with Crippen molar-refractivity contribution in [2.24, 2.45) is 0 Å². The van der Waals surface area contributed by atoms with Gasteiger partial charge in [-0.2, -0.15) is 0 Å². The van der Waals surface area contributed by atoms with Crippen molar-refractivity contribution in [2.45, 2.75) is 0 Å². The van der Waals surface area contributed by atoms with Crippen LogP contribution in [-0.2, 0) is 9.59 Å². The van der Waals surface area contributed by atoms with Gasteiger partial charge in [0.25, 0.3) is 11.8 Å². The summed E-state index contributed by atoms with van der Waals surface area (Å²) in [6.07, 6.45) is 0. The Hall–Kier alpha value is -1.62. The van der Waals surface area contributed by atoms with Crippen LogP contribution in [0.4, 0.5) is 0 Å². The van der Waals surface area contributed by atoms with Crippen LogP contribution in [0.5, 0.6) is 0 Å². The lowest BCUT2D eigenvalue weighted by Crippen LogP contribution is -2.26. The molecule has 0 aromatic carbocycles. The zero-order valence-corrected chi connectivity index (χ0v) is 8.17. The van der Waals surface area contributed by atoms with Gasteiger partial charge in [0.15, 0.2) is 5.76 Å². The maximum atomic E-state index is 11.5. The summed E-state index contributed by atoms with van der Waals surface area (Å²) in [5.74, 6) is -1.55. The van der Waals surface area contributed by atoms with Crippen molar-refractivity contribution in [3.8, 4) is 0 Å². The number of nitrogens with zero attached hydrogens (tertiary/aromatic N) is 1. The van der Waals surface area contributed by atoms with Crippen molar-refractivity contribution in [2.75, 3.05) is 7.05 Å². The number of hydrogen-bond acceptors (Lipinski definition) is 4. The zero-order valence-electron chi connectivity index (χ0n) is 7.35. The number of aliphatic hydroxyl groups is 1. The van der Waals surface area contributed by atoms with Gasteiger partial charge in [-0.05, 0) is 11.4 Å². The van der Waals surface area contributed by atoms with E-state index in [1.54, 1.807) is 17.5 Å². The summed E-state index contributed by atoms with van der Waals surface area (Å²) in [4.78, 5) is 24.3. The summed E-state index contributed by atoms with van der Waals surface area (Å²) in [6, 6.07) is 3.46. The second-order valence-electron chi connectivity index (χ2n) is 2.87. The SMILES string of the molecule is CN1C(=O)C(O)=C(c2cccs2)C1=O. The largest absolute Gasteiger partial charge is 0.502 e. The number of thiophene rings is 1. The highest BCUT2D eigenvalue weighted by atomic mass is 32.1. The summed E-state index contributed by atoms with van der Waals surface area (Å²) >= 11 is 1.31. The van der Waals surface area contributed by atoms with Gasteiger partial charge in [-0.3, -0.25) is 14.5 Å². The maximum absolute atomic E-state index is 11.5. The minimum atomic E-state index is -0.640. The van der Waals surface area contributed by atoms with Gasteiger partial charge in [-0.15, -0.1) is 11.3 Å². The Morgan fingerprint density at radius 2 is 2.07 bits per heavy atom. The molecule has 2 rings (SSSR count). The minimum absolute atomic E-state index is 0.104. The molecule has 72 valence electrons. The van der Waals surface area contributed by atoms with Gasteiger partial charge in [-0.25, -0.2) is 0 Å². The van der Waals surface area contributed by atoms with Gasteiger partial charge < -0.3 is 5.11 Å². The van der Waals surface area contributed by atoms with E-state index in [1.165, 1.54) is 18.4 Å². The Bertz CT molecular complexity index is 433. The third kappa shape index (κ3) is 1.06. The molecule has 5 heteroatoms. The highest BCUT2D eigenvalue weighted by Crippen LogP contribution is 2.29. The molecule has 0 radical (unpaired) electrons. The summed E-state index contributed by atoms with van der Waals surface area (Å²) in [5, 5.41) is 11.2. The van der Waals surface area contributed by atoms with Crippen LogP contribution in [0.15, 0.2) is 23.3 Å². The number of hydrogen-bond donors (Lipinski definition) is 1. The van der Waals surface area contributed by atoms with Crippen LogP contribution in [0, 0.1) is 0 Å². The molecule has 0 saturated carbocycles. The second-order valence-corrected chi connectivity index (χ2v) is 3.82. The Labute approximate surface area is 84.1 Å². The van der Waals surface area contributed by atoms with E-state index in [0.29, 0.717) is 4.88 Å². The molecule has 2 amide bonds. The average molecular weight is 209 g/mol. The smallest absolute Gasteiger partial charge is 0.296 e. The molecule has 0 unspecified atom stereocenters. The highest BCUT2D eigenvalue weighted by molar-refractivity contribution is 7.11. The van der Waals surface area contributed by atoms with E-state index in [-0.39, 0.29) is 5.57 Å². The van der Waals surface area contributed by atoms with Gasteiger partial charge in [-0.1, -0.05) is 6.07 Å². The van der Waals surface area contributed by atoms with Crippen molar-refractivity contribution < 1.29 is 14.7 Å². The first kappa shape index (κ1) is 8.96. The number of rotatable bonds is 1. The van der Waals surface area contributed by atoms with Crippen LogP contribution < -0.4 is 0 Å². The Morgan fingerprint density at radius 1 is 1.36 bits per heavy atom. The molecule has 4 nitrogen and oxygen atoms in total. The zero-order chi connectivity index (χ0) is 10.3. The molecular formula is C9H7NO3S. The third-order valence-electron chi connectivity index (χ3n) is 2.03. The molecule has 0 fully saturated rings. The normalized spacial score (nSPS) is 17.1. The van der Waals surface area contributed by atoms with Gasteiger partial charge in [0.1, 0.15) is 5.57 Å². The molecule has 0 spiro atoms. The number of amides is 2. The van der Waals surface area contributed by atoms with Crippen molar-refractivity contribution in [1.82, 2.24) is 4.90 Å². The molecule has 0 atom stereocenters. The van der Waals surface area contributed by atoms with Crippen molar-refractivity contribution in [1.29, 1.82) is 0 Å². The first-order chi connectivity index (χ1) is 6.63. The minimum Gasteiger partial charge on any atom is -0.502 e. The molecule has 1 aliphatic heterocycles. The second kappa shape index (κ2) is 2.95. The fourth-order valence-electron chi connectivity index (χ4n) is 1.27. The van der Waals surface area contributed by atoms with Gasteiger partial charge in [0.05, 0.1) is 0 Å². The summed E-state index contributed by atoms with van der Waals surface area (Å²) in [6.45, 7) is 0. The molecule has 0 saturated heterocycles. The van der Waals surface area contributed by atoms with Crippen LogP contribution in [0.2, 0.25) is 0 Å². The van der Waals surface area contributed by atoms with Crippen LogP contribution in [0.1, 0.15) is 4.88 Å². The fourth-order valence-corrected chi connectivity index (χ4v) is 2.03. The van der Waals surface area contributed by atoms with Gasteiger partial charge >= 0.3 is 0 Å². The molecule has 2 heterocycles. The van der Waals surface area contributed by atoms with Crippen LogP contribution in [0.3, 0.4) is 0 Å². The lowest BCUT2D eigenvalue weighted by Gasteiger charge is -2.04. The van der Waals surface area contributed by atoms with Crippen LogP contribution in [-0.4, -0.2) is 28.9 Å². The first-order valence-electron chi connectivity index (χ1n) is 3.92. The summed E-state index contributed by atoms with van der Waals surface area (Å²) in [5.41, 5.74) is 0.104. The topological polar surface area (TPSA) is 57.6 Å². The quantitative estimate of drug-likeness (QED) is 0.702. The van der Waals surface area contributed by atoms with Crippen molar-refractivity contribution >= 4 is 28.7 Å². The van der Waals surface area contributed by atoms with Gasteiger partial charge in [0.2, 0.25) is 0 Å². The molecule has 1 N–H and O–H groups in total. The number of imide groups is 1. The van der Waals surface area contributed by atoms with Crippen LogP contribution in [0.25, 0.3) is 5.57 Å².